The highest BCUT2D eigenvalue weighted by atomic mass is 33.1. The van der Waals surface area contributed by atoms with Crippen LogP contribution in [0.5, 0.6) is 5.75 Å². The number of hydrogen-bond donors (Lipinski definition) is 12. The lowest BCUT2D eigenvalue weighted by Gasteiger charge is -2.33. The van der Waals surface area contributed by atoms with Crippen molar-refractivity contribution in [1.29, 1.82) is 0 Å². The van der Waals surface area contributed by atoms with Crippen molar-refractivity contribution >= 4 is 86.6 Å². The maximum absolute atomic E-state index is 14.7. The van der Waals surface area contributed by atoms with Crippen LogP contribution in [0.15, 0.2) is 24.3 Å². The van der Waals surface area contributed by atoms with E-state index in [1.165, 1.54) is 17.0 Å². The second-order valence-corrected chi connectivity index (χ2v) is 21.7. The smallest absolute Gasteiger partial charge is 0.246 e. The predicted molar refractivity (Wildman–Crippen MR) is 264 cm³/mol. The van der Waals surface area contributed by atoms with Crippen LogP contribution in [0, 0.1) is 11.8 Å². The van der Waals surface area contributed by atoms with Gasteiger partial charge in [0.2, 0.25) is 65.0 Å². The molecule has 0 unspecified atom stereocenters. The lowest BCUT2D eigenvalue weighted by Crippen LogP contribution is -2.62. The van der Waals surface area contributed by atoms with Crippen molar-refractivity contribution in [2.45, 2.75) is 146 Å². The van der Waals surface area contributed by atoms with Crippen LogP contribution in [0.4, 0.5) is 0 Å². The number of amides is 11. The van der Waals surface area contributed by atoms with E-state index in [2.05, 4.69) is 37.2 Å². The summed E-state index contributed by atoms with van der Waals surface area (Å²) < 4.78 is -1.16. The summed E-state index contributed by atoms with van der Waals surface area (Å²) in [6.45, 7) is 9.87. The number of rotatable bonds is 17. The summed E-state index contributed by atoms with van der Waals surface area (Å²) in [5, 5.41) is 27.9. The molecule has 71 heavy (non-hydrogen) atoms. The highest BCUT2D eigenvalue weighted by Crippen LogP contribution is 2.38. The molecule has 3 rings (SSSR count). The fourth-order valence-corrected chi connectivity index (χ4v) is 10.4. The lowest BCUT2D eigenvalue weighted by atomic mass is 9.96. The van der Waals surface area contributed by atoms with Gasteiger partial charge >= 0.3 is 0 Å². The van der Waals surface area contributed by atoms with E-state index in [-0.39, 0.29) is 43.2 Å². The molecule has 2 aliphatic rings. The second kappa shape index (κ2) is 27.5. The molecule has 2 heterocycles. The molecule has 2 saturated heterocycles. The Kier molecular flexibility index (Phi) is 22.9. The molecular formula is C45H70N12O12S2. The number of hydrogen-bond acceptors (Lipinski definition) is 15. The van der Waals surface area contributed by atoms with Crippen LogP contribution >= 0.6 is 21.6 Å². The first-order valence-corrected chi connectivity index (χ1v) is 25.7. The van der Waals surface area contributed by atoms with Gasteiger partial charge in [0, 0.05) is 29.9 Å². The van der Waals surface area contributed by atoms with Crippen LogP contribution in [0.25, 0.3) is 0 Å². The molecule has 11 amide bonds. The summed E-state index contributed by atoms with van der Waals surface area (Å²) in [5.74, 6) is -10.4. The molecule has 2 aliphatic heterocycles. The normalized spacial score (nSPS) is 24.7. The Morgan fingerprint density at radius 3 is 2.01 bits per heavy atom. The fraction of sp³-hybridized carbons (Fsp3) is 0.622. The molecule has 1 aromatic rings. The molecule has 1 aromatic carbocycles. The zero-order chi connectivity index (χ0) is 53.3. The second-order valence-electron chi connectivity index (χ2n) is 18.7. The molecule has 0 aliphatic carbocycles. The third kappa shape index (κ3) is 18.5. The highest BCUT2D eigenvalue weighted by molar-refractivity contribution is 8.77. The highest BCUT2D eigenvalue weighted by Gasteiger charge is 2.42. The van der Waals surface area contributed by atoms with Gasteiger partial charge in [-0.15, -0.1) is 0 Å². The van der Waals surface area contributed by atoms with E-state index in [0.717, 1.165) is 21.6 Å². The number of likely N-dealkylation sites (tertiary alicyclic amines) is 1. The SMILES string of the molecule is CC[C@H](C)[C@@H]1NC(=O)[C@H](Cc2ccc(O)cc2)NC(=O)[C@@H](N)C(C)(C)SSC[C@@H](C(=O)N2CCC[C@H]2C(=O)N[C@@H](CC(C)C)C(=O)NCC(N)=O)NC(=O)[C@H](CC(N)=O)NC(=O)[C@H](CCC(N)=O)NC1=O. The molecule has 0 spiro atoms. The number of carbonyl (C=O) groups excluding carboxylic acids is 11. The Morgan fingerprint density at radius 1 is 0.817 bits per heavy atom. The molecule has 26 heteroatoms. The summed E-state index contributed by atoms with van der Waals surface area (Å²) in [5.41, 5.74) is 23.3. The molecule has 0 bridgehead atoms. The first kappa shape index (κ1) is 59.2. The van der Waals surface area contributed by atoms with Gasteiger partial charge in [-0.1, -0.05) is 67.8 Å². The minimum Gasteiger partial charge on any atom is -0.508 e. The van der Waals surface area contributed by atoms with E-state index in [1.807, 2.05) is 13.8 Å². The van der Waals surface area contributed by atoms with Crippen LogP contribution in [-0.4, -0.2) is 147 Å². The van der Waals surface area contributed by atoms with Gasteiger partial charge in [-0.2, -0.15) is 0 Å². The van der Waals surface area contributed by atoms with Crippen molar-refractivity contribution < 1.29 is 57.8 Å². The number of carbonyl (C=O) groups is 11. The Labute approximate surface area is 420 Å². The van der Waals surface area contributed by atoms with Crippen LogP contribution < -0.4 is 60.2 Å². The van der Waals surface area contributed by atoms with Gasteiger partial charge in [-0.3, -0.25) is 52.7 Å². The molecule has 0 saturated carbocycles. The number of phenolic OH excluding ortho intramolecular Hbond substituents is 1. The molecule has 9 atom stereocenters. The van der Waals surface area contributed by atoms with Gasteiger partial charge in [0.05, 0.1) is 19.0 Å². The number of benzene rings is 1. The number of nitrogens with one attached hydrogen (secondary N) is 7. The average molecular weight is 1040 g/mol. The van der Waals surface area contributed by atoms with Crippen molar-refractivity contribution in [3.63, 3.8) is 0 Å². The summed E-state index contributed by atoms with van der Waals surface area (Å²) >= 11 is 0. The Bertz CT molecular complexity index is 2130. The average Bonchev–Trinajstić information content (AvgIpc) is 3.79. The zero-order valence-corrected chi connectivity index (χ0v) is 42.5. The predicted octanol–water partition coefficient (Wildman–Crippen LogP) is -2.83. The van der Waals surface area contributed by atoms with Gasteiger partial charge in [0.25, 0.3) is 0 Å². The monoisotopic (exact) mass is 1030 g/mol. The quantitative estimate of drug-likeness (QED) is 0.0700. The molecule has 394 valence electrons. The van der Waals surface area contributed by atoms with E-state index in [9.17, 15) is 57.8 Å². The zero-order valence-electron chi connectivity index (χ0n) is 40.9. The number of primary amides is 3. The van der Waals surface area contributed by atoms with Gasteiger partial charge in [0.15, 0.2) is 0 Å². The standard InChI is InChI=1S/C45H70N12O12S2/c1-7-23(4)35-42(67)51-26(14-15-32(46)59)38(63)52-29(19-33(47)60)39(64)55-30(44(69)57-16-8-9-31(57)41(66)53-27(17-22(2)3)37(62)50-20-34(48)61)21-70-71-45(5,6)36(49)43(68)54-28(40(65)56-35)18-24-10-12-25(58)13-11-24/h10-13,22-23,26-31,35-36,58H,7-9,14-21,49H2,1-6H3,(H2,46,59)(H2,47,60)(H2,48,61)(H,50,62)(H,51,67)(H,52,63)(H,53,66)(H,54,68)(H,55,64)(H,56,65)/t23-,26-,27-,28-,29-,30-,31-,35-,36+/m0/s1. The number of nitrogens with two attached hydrogens (primary N) is 4. The van der Waals surface area contributed by atoms with Gasteiger partial charge < -0.3 is 70.2 Å². The van der Waals surface area contributed by atoms with E-state index in [0.29, 0.717) is 18.4 Å². The Morgan fingerprint density at radius 2 is 1.42 bits per heavy atom. The van der Waals surface area contributed by atoms with E-state index < -0.39 is 150 Å². The van der Waals surface area contributed by atoms with Crippen LogP contribution in [0.2, 0.25) is 0 Å². The number of nitrogens with zero attached hydrogens (tertiary/aromatic N) is 1. The van der Waals surface area contributed by atoms with Gasteiger partial charge in [-0.05, 0) is 69.1 Å². The van der Waals surface area contributed by atoms with Crippen molar-refractivity contribution in [2.75, 3.05) is 18.8 Å². The molecular weight excluding hydrogens is 965 g/mol. The first-order chi connectivity index (χ1) is 33.2. The van der Waals surface area contributed by atoms with Crippen LogP contribution in [-0.2, 0) is 59.2 Å². The summed E-state index contributed by atoms with van der Waals surface area (Å²) in [4.78, 5) is 149. The Balaban J connectivity index is 2.12. The fourth-order valence-electron chi connectivity index (χ4n) is 7.63. The lowest BCUT2D eigenvalue weighted by molar-refractivity contribution is -0.142. The van der Waals surface area contributed by atoms with Crippen molar-refractivity contribution in [3.05, 3.63) is 29.8 Å². The minimum absolute atomic E-state index is 0.0412. The molecule has 24 nitrogen and oxygen atoms in total. The van der Waals surface area contributed by atoms with Crippen LogP contribution in [0.3, 0.4) is 0 Å². The van der Waals surface area contributed by atoms with E-state index in [1.54, 1.807) is 39.8 Å². The maximum atomic E-state index is 14.7. The number of phenols is 1. The van der Waals surface area contributed by atoms with Gasteiger partial charge in [-0.25, -0.2) is 0 Å². The third-order valence-electron chi connectivity index (χ3n) is 11.9. The molecule has 0 radical (unpaired) electrons. The van der Waals surface area contributed by atoms with Crippen molar-refractivity contribution in [3.8, 4) is 5.75 Å². The molecule has 2 fully saturated rings. The molecule has 0 aromatic heterocycles. The number of aromatic hydroxyl groups is 1. The van der Waals surface area contributed by atoms with Crippen molar-refractivity contribution in [2.24, 2.45) is 34.8 Å². The topological polar surface area (TPSA) is 400 Å². The van der Waals surface area contributed by atoms with Crippen molar-refractivity contribution in [1.82, 2.24) is 42.1 Å². The first-order valence-electron chi connectivity index (χ1n) is 23.3. The Hall–Kier alpha value is -6.15. The minimum atomic E-state index is -1.76. The third-order valence-corrected chi connectivity index (χ3v) is 15.2. The summed E-state index contributed by atoms with van der Waals surface area (Å²) in [7, 11) is 2.08. The largest absolute Gasteiger partial charge is 0.508 e. The van der Waals surface area contributed by atoms with E-state index >= 15 is 0 Å². The summed E-state index contributed by atoms with van der Waals surface area (Å²) in [6, 6.07) is -5.23. The molecule has 16 N–H and O–H groups in total. The van der Waals surface area contributed by atoms with Crippen LogP contribution in [0.1, 0.15) is 92.1 Å². The van der Waals surface area contributed by atoms with E-state index in [4.69, 9.17) is 22.9 Å². The van der Waals surface area contributed by atoms with Gasteiger partial charge in [0.1, 0.15) is 48.0 Å². The maximum Gasteiger partial charge on any atom is 0.246 e. The summed E-state index contributed by atoms with van der Waals surface area (Å²) in [6.07, 6.45) is -0.746.